The fraction of sp³-hybridized carbons (Fsp3) is 0.222. The van der Waals surface area contributed by atoms with Crippen molar-refractivity contribution in [3.05, 3.63) is 53.7 Å². The highest BCUT2D eigenvalue weighted by Crippen LogP contribution is 2.28. The van der Waals surface area contributed by atoms with Crippen molar-refractivity contribution < 1.29 is 14.3 Å². The molecule has 0 aliphatic carbocycles. The van der Waals surface area contributed by atoms with Crippen LogP contribution >= 0.6 is 23.1 Å². The molecule has 0 unspecified atom stereocenters. The number of fused-ring (bicyclic) bond motifs is 1. The van der Waals surface area contributed by atoms with Gasteiger partial charge in [0.1, 0.15) is 16.2 Å². The second-order valence-electron chi connectivity index (χ2n) is 5.62. The normalized spacial score (nSPS) is 11.9. The highest BCUT2D eigenvalue weighted by molar-refractivity contribution is 8.00. The lowest BCUT2D eigenvalue weighted by atomic mass is 10.1. The first kappa shape index (κ1) is 18.3. The van der Waals surface area contributed by atoms with E-state index in [9.17, 15) is 9.59 Å². The maximum atomic E-state index is 12.4. The lowest BCUT2D eigenvalue weighted by Gasteiger charge is -2.21. The van der Waals surface area contributed by atoms with Crippen molar-refractivity contribution in [1.82, 2.24) is 14.9 Å². The number of ether oxygens (including phenoxy) is 1. The number of esters is 1. The number of likely N-dealkylation sites (N-methyl/N-ethyl adjacent to an activating group) is 1. The molecule has 0 saturated carbocycles. The molecule has 0 aliphatic heterocycles. The molecule has 6 nitrogen and oxygen atoms in total. The summed E-state index contributed by atoms with van der Waals surface area (Å²) in [5.41, 5.74) is 0.645. The van der Waals surface area contributed by atoms with E-state index in [0.29, 0.717) is 5.56 Å². The van der Waals surface area contributed by atoms with Crippen molar-refractivity contribution in [3.8, 4) is 0 Å². The van der Waals surface area contributed by atoms with E-state index < -0.39 is 12.1 Å². The predicted molar refractivity (Wildman–Crippen MR) is 102 cm³/mol. The molecule has 3 aromatic rings. The number of nitrogens with zero attached hydrogens (tertiary/aromatic N) is 3. The zero-order valence-electron chi connectivity index (χ0n) is 14.3. The summed E-state index contributed by atoms with van der Waals surface area (Å²) in [6.07, 6.45) is 0.528. The van der Waals surface area contributed by atoms with Gasteiger partial charge in [-0.15, -0.1) is 11.3 Å². The summed E-state index contributed by atoms with van der Waals surface area (Å²) in [7, 11) is 3.27. The van der Waals surface area contributed by atoms with Crippen LogP contribution in [0.3, 0.4) is 0 Å². The highest BCUT2D eigenvalue weighted by atomic mass is 32.2. The summed E-state index contributed by atoms with van der Waals surface area (Å²) in [4.78, 5) is 35.5. The summed E-state index contributed by atoms with van der Waals surface area (Å²) in [6, 6.07) is 10.9. The van der Waals surface area contributed by atoms with Gasteiger partial charge < -0.3 is 9.64 Å². The quantitative estimate of drug-likeness (QED) is 0.368. The first-order valence-corrected chi connectivity index (χ1v) is 9.69. The van der Waals surface area contributed by atoms with E-state index in [2.05, 4.69) is 9.97 Å². The molecule has 0 fully saturated rings. The molecular formula is C18H17N3O3S2. The van der Waals surface area contributed by atoms with Crippen LogP contribution in [0, 0.1) is 0 Å². The van der Waals surface area contributed by atoms with Crippen LogP contribution in [0.4, 0.5) is 0 Å². The molecule has 0 saturated heterocycles. The van der Waals surface area contributed by atoms with Gasteiger partial charge in [0.05, 0.1) is 5.75 Å². The first-order chi connectivity index (χ1) is 12.6. The third-order valence-corrected chi connectivity index (χ3v) is 5.37. The number of amides is 1. The fourth-order valence-corrected chi connectivity index (χ4v) is 3.86. The van der Waals surface area contributed by atoms with Crippen molar-refractivity contribution >= 4 is 45.2 Å². The minimum absolute atomic E-state index is 0.0615. The van der Waals surface area contributed by atoms with Crippen LogP contribution < -0.4 is 0 Å². The van der Waals surface area contributed by atoms with Crippen LogP contribution in [0.1, 0.15) is 11.7 Å². The summed E-state index contributed by atoms with van der Waals surface area (Å²) < 4.78 is 5.48. The molecule has 3 rings (SSSR count). The second-order valence-corrected chi connectivity index (χ2v) is 7.48. The average Bonchev–Trinajstić information content (AvgIpc) is 3.14. The Bertz CT molecular complexity index is 912. The predicted octanol–water partition coefficient (Wildman–Crippen LogP) is 3.16. The molecule has 2 aromatic heterocycles. The third kappa shape index (κ3) is 4.20. The van der Waals surface area contributed by atoms with Crippen LogP contribution in [-0.4, -0.2) is 46.6 Å². The van der Waals surface area contributed by atoms with Crippen LogP contribution in [0.2, 0.25) is 0 Å². The fourth-order valence-electron chi connectivity index (χ4n) is 2.30. The Kier molecular flexibility index (Phi) is 5.85. The van der Waals surface area contributed by atoms with Crippen LogP contribution in [-0.2, 0) is 14.3 Å². The van der Waals surface area contributed by atoms with Gasteiger partial charge in [-0.05, 0) is 11.4 Å². The Morgan fingerprint density at radius 2 is 1.96 bits per heavy atom. The van der Waals surface area contributed by atoms with E-state index in [4.69, 9.17) is 4.74 Å². The van der Waals surface area contributed by atoms with Crippen molar-refractivity contribution in [3.63, 3.8) is 0 Å². The number of thioether (sulfide) groups is 1. The Morgan fingerprint density at radius 3 is 2.69 bits per heavy atom. The number of aromatic nitrogens is 2. The Hall–Kier alpha value is -2.45. The first-order valence-electron chi connectivity index (χ1n) is 7.83. The smallest absolute Gasteiger partial charge is 0.317 e. The van der Waals surface area contributed by atoms with Gasteiger partial charge in [-0.3, -0.25) is 9.59 Å². The second kappa shape index (κ2) is 8.29. The standard InChI is InChI=1S/C18H17N3O3S2/c1-21(2)18(23)15(12-6-4-3-5-7-12)24-14(22)10-26-17-13-8-9-25-16(13)19-11-20-17/h3-9,11,15H,10H2,1-2H3/t15-/m1/s1. The maximum absolute atomic E-state index is 12.4. The average molecular weight is 387 g/mol. The van der Waals surface area contributed by atoms with Gasteiger partial charge >= 0.3 is 5.97 Å². The monoisotopic (exact) mass is 387 g/mol. The van der Waals surface area contributed by atoms with Crippen molar-refractivity contribution in [1.29, 1.82) is 0 Å². The van der Waals surface area contributed by atoms with Crippen LogP contribution in [0.15, 0.2) is 53.1 Å². The number of benzene rings is 1. The molecule has 0 bridgehead atoms. The molecule has 2 heterocycles. The van der Waals surface area contributed by atoms with E-state index in [0.717, 1.165) is 15.2 Å². The SMILES string of the molecule is CN(C)C(=O)[C@H](OC(=O)CSc1ncnc2sccc12)c1ccccc1. The molecule has 26 heavy (non-hydrogen) atoms. The van der Waals surface area contributed by atoms with E-state index >= 15 is 0 Å². The van der Waals surface area contributed by atoms with Gasteiger partial charge in [0.15, 0.2) is 0 Å². The number of hydrogen-bond donors (Lipinski definition) is 0. The number of thiophene rings is 1. The number of rotatable bonds is 6. The largest absolute Gasteiger partial charge is 0.447 e. The van der Waals surface area contributed by atoms with Crippen LogP contribution in [0.25, 0.3) is 10.2 Å². The number of hydrogen-bond acceptors (Lipinski definition) is 7. The Morgan fingerprint density at radius 1 is 1.19 bits per heavy atom. The summed E-state index contributed by atoms with van der Waals surface area (Å²) in [5, 5.41) is 3.57. The zero-order chi connectivity index (χ0) is 18.5. The third-order valence-electron chi connectivity index (χ3n) is 3.57. The molecule has 1 amide bonds. The molecule has 1 aromatic carbocycles. The van der Waals surface area contributed by atoms with Gasteiger partial charge in [-0.25, -0.2) is 9.97 Å². The molecule has 134 valence electrons. The lowest BCUT2D eigenvalue weighted by molar-refractivity contribution is -0.157. The molecule has 0 spiro atoms. The molecule has 0 aliphatic rings. The molecule has 0 N–H and O–H groups in total. The van der Waals surface area contributed by atoms with Gasteiger partial charge in [0, 0.05) is 25.0 Å². The summed E-state index contributed by atoms with van der Waals surface area (Å²) in [6.45, 7) is 0. The summed E-state index contributed by atoms with van der Waals surface area (Å²) >= 11 is 2.80. The van der Waals surface area contributed by atoms with Crippen molar-refractivity contribution in [2.75, 3.05) is 19.8 Å². The number of carbonyl (C=O) groups excluding carboxylic acids is 2. The van der Waals surface area contributed by atoms with Gasteiger partial charge in [0.25, 0.3) is 5.91 Å². The summed E-state index contributed by atoms with van der Waals surface area (Å²) in [5.74, 6) is -0.690. The minimum atomic E-state index is -0.953. The van der Waals surface area contributed by atoms with E-state index in [1.807, 2.05) is 29.6 Å². The van der Waals surface area contributed by atoms with Gasteiger partial charge in [-0.1, -0.05) is 42.1 Å². The van der Waals surface area contributed by atoms with Gasteiger partial charge in [0.2, 0.25) is 6.10 Å². The molecule has 1 atom stereocenters. The maximum Gasteiger partial charge on any atom is 0.317 e. The van der Waals surface area contributed by atoms with Gasteiger partial charge in [-0.2, -0.15) is 0 Å². The zero-order valence-corrected chi connectivity index (χ0v) is 15.9. The highest BCUT2D eigenvalue weighted by Gasteiger charge is 2.26. The number of carbonyl (C=O) groups is 2. The Labute approximate surface area is 159 Å². The van der Waals surface area contributed by atoms with E-state index in [1.165, 1.54) is 34.3 Å². The van der Waals surface area contributed by atoms with Crippen LogP contribution in [0.5, 0.6) is 0 Å². The van der Waals surface area contributed by atoms with Crippen molar-refractivity contribution in [2.45, 2.75) is 11.1 Å². The molecular weight excluding hydrogens is 370 g/mol. The topological polar surface area (TPSA) is 72.4 Å². The lowest BCUT2D eigenvalue weighted by Crippen LogP contribution is -2.31. The van der Waals surface area contributed by atoms with E-state index in [-0.39, 0.29) is 11.7 Å². The minimum Gasteiger partial charge on any atom is -0.447 e. The van der Waals surface area contributed by atoms with Crippen molar-refractivity contribution in [2.24, 2.45) is 0 Å². The molecule has 0 radical (unpaired) electrons. The molecule has 8 heteroatoms. The Balaban J connectivity index is 1.70. The van der Waals surface area contributed by atoms with E-state index in [1.54, 1.807) is 26.2 Å².